The summed E-state index contributed by atoms with van der Waals surface area (Å²) in [4.78, 5) is 29.8. The number of hydrogen-bond acceptors (Lipinski definition) is 9. The van der Waals surface area contributed by atoms with Crippen molar-refractivity contribution in [3.63, 3.8) is 0 Å². The molecule has 2 saturated heterocycles. The van der Waals surface area contributed by atoms with Crippen LogP contribution in [-0.2, 0) is 30.2 Å². The second-order valence-corrected chi connectivity index (χ2v) is 15.7. The number of rotatable bonds is 3. The lowest BCUT2D eigenvalue weighted by Crippen LogP contribution is -2.63. The third kappa shape index (κ3) is 5.40. The third-order valence-corrected chi connectivity index (χ3v) is 12.5. The minimum atomic E-state index is -1.71. The van der Waals surface area contributed by atoms with Gasteiger partial charge in [0.2, 0.25) is 0 Å². The lowest BCUT2D eigenvalue weighted by atomic mass is 9.63. The average Bonchev–Trinajstić information content (AvgIpc) is 3.78. The molecule has 49 heavy (non-hydrogen) atoms. The molecule has 9 unspecified atom stereocenters. The summed E-state index contributed by atoms with van der Waals surface area (Å²) in [6.07, 6.45) is 7.04. The fourth-order valence-corrected chi connectivity index (χ4v) is 9.64. The minimum Gasteiger partial charge on any atom is -0.495 e. The standard InChI is InChI=1S/C38H49ClN2O8/c1-20(2)37-14-9-8-12-24-31(37)25-18-30(48-34(37)42)36(5)33(49-36)22(4)28-19-38(44,40-35(43)47-28)29(46-7)13-10-11-21(3)15-23-16-26(41(24)25)32(39)27(17-23)45-6/h10-11,13,16-17,20,22,24,28-30,33,44H,8-9,12,14-15,18-19H2,1-7H3,(H,40,43)/b13-10+,21-11+. The lowest BCUT2D eigenvalue weighted by molar-refractivity contribution is -0.164. The zero-order chi connectivity index (χ0) is 35.0. The number of benzene rings is 1. The molecule has 3 fully saturated rings. The molecule has 0 radical (unpaired) electrons. The van der Waals surface area contributed by atoms with E-state index in [0.29, 0.717) is 23.6 Å². The van der Waals surface area contributed by atoms with Gasteiger partial charge >= 0.3 is 12.1 Å². The van der Waals surface area contributed by atoms with E-state index < -0.39 is 47.3 Å². The van der Waals surface area contributed by atoms with Gasteiger partial charge in [0.05, 0.1) is 30.4 Å². The summed E-state index contributed by atoms with van der Waals surface area (Å²) < 4.78 is 30.3. The molecule has 11 heteroatoms. The van der Waals surface area contributed by atoms with Gasteiger partial charge in [-0.1, -0.05) is 69.0 Å². The van der Waals surface area contributed by atoms with Crippen LogP contribution in [0.2, 0.25) is 5.02 Å². The van der Waals surface area contributed by atoms with Crippen molar-refractivity contribution >= 4 is 29.4 Å². The molecule has 0 spiro atoms. The summed E-state index contributed by atoms with van der Waals surface area (Å²) >= 11 is 7.16. The molecule has 1 amide bonds. The molecular weight excluding hydrogens is 648 g/mol. The van der Waals surface area contributed by atoms with Crippen LogP contribution in [0.3, 0.4) is 0 Å². The molecule has 9 atom stereocenters. The number of anilines is 1. The van der Waals surface area contributed by atoms with Crippen LogP contribution in [0, 0.1) is 17.3 Å². The monoisotopic (exact) mass is 696 g/mol. The van der Waals surface area contributed by atoms with Gasteiger partial charge in [-0.3, -0.25) is 10.1 Å². The Morgan fingerprint density at radius 3 is 2.65 bits per heavy atom. The molecule has 6 aliphatic rings. The molecule has 10 nitrogen and oxygen atoms in total. The van der Waals surface area contributed by atoms with E-state index in [2.05, 4.69) is 30.1 Å². The Bertz CT molecular complexity index is 1640. The Balaban J connectivity index is 1.39. The largest absolute Gasteiger partial charge is 0.495 e. The van der Waals surface area contributed by atoms with Gasteiger partial charge in [0.15, 0.2) is 5.72 Å². The van der Waals surface area contributed by atoms with E-state index in [4.69, 9.17) is 35.3 Å². The number of amides is 1. The Hall–Kier alpha value is -3.05. The van der Waals surface area contributed by atoms with Gasteiger partial charge in [-0.15, -0.1) is 0 Å². The highest BCUT2D eigenvalue weighted by atomic mass is 35.5. The van der Waals surface area contributed by atoms with Crippen molar-refractivity contribution in [3.8, 4) is 5.75 Å². The molecule has 1 aromatic carbocycles. The summed E-state index contributed by atoms with van der Waals surface area (Å²) in [6.45, 7) is 10.2. The maximum atomic E-state index is 14.5. The maximum Gasteiger partial charge on any atom is 0.409 e. The second kappa shape index (κ2) is 12.3. The maximum absolute atomic E-state index is 14.5. The van der Waals surface area contributed by atoms with E-state index in [0.717, 1.165) is 48.2 Å². The molecule has 5 heterocycles. The average molecular weight is 697 g/mol. The zero-order valence-electron chi connectivity index (χ0n) is 29.5. The molecule has 7 rings (SSSR count). The quantitative estimate of drug-likeness (QED) is 0.274. The molecule has 5 aliphatic heterocycles. The number of halogens is 1. The number of fused-ring (bicyclic) bond motifs is 9. The van der Waals surface area contributed by atoms with Crippen molar-refractivity contribution in [2.24, 2.45) is 17.3 Å². The van der Waals surface area contributed by atoms with Crippen LogP contribution in [-0.4, -0.2) is 73.2 Å². The summed E-state index contributed by atoms with van der Waals surface area (Å²) in [6, 6.07) is 4.13. The number of aliphatic hydroxyl groups is 1. The van der Waals surface area contributed by atoms with Crippen LogP contribution in [0.5, 0.6) is 5.75 Å². The number of alkyl carbamates (subject to hydrolysis) is 1. The van der Waals surface area contributed by atoms with Gasteiger partial charge in [-0.25, -0.2) is 4.79 Å². The molecular formula is C38H49ClN2O8. The van der Waals surface area contributed by atoms with E-state index in [1.54, 1.807) is 13.2 Å². The number of ether oxygens (including phenoxy) is 5. The van der Waals surface area contributed by atoms with Gasteiger partial charge < -0.3 is 33.7 Å². The van der Waals surface area contributed by atoms with E-state index in [-0.39, 0.29) is 30.3 Å². The molecule has 0 aromatic heterocycles. The van der Waals surface area contributed by atoms with Crippen molar-refractivity contribution in [1.29, 1.82) is 0 Å². The first-order chi connectivity index (χ1) is 23.3. The summed E-state index contributed by atoms with van der Waals surface area (Å²) in [5, 5.41) is 14.9. The highest BCUT2D eigenvalue weighted by Crippen LogP contribution is 2.61. The fourth-order valence-electron chi connectivity index (χ4n) is 9.36. The molecule has 266 valence electrons. The van der Waals surface area contributed by atoms with Gasteiger partial charge in [-0.05, 0) is 62.3 Å². The summed E-state index contributed by atoms with van der Waals surface area (Å²) in [7, 11) is 3.13. The van der Waals surface area contributed by atoms with Crippen molar-refractivity contribution in [1.82, 2.24) is 5.32 Å². The van der Waals surface area contributed by atoms with E-state index in [9.17, 15) is 14.7 Å². The summed E-state index contributed by atoms with van der Waals surface area (Å²) in [5.74, 6) is 0.107. The van der Waals surface area contributed by atoms with Crippen LogP contribution in [0.1, 0.15) is 78.7 Å². The molecule has 1 aromatic rings. The van der Waals surface area contributed by atoms with E-state index >= 15 is 0 Å². The van der Waals surface area contributed by atoms with E-state index in [1.807, 2.05) is 39.0 Å². The van der Waals surface area contributed by atoms with Crippen molar-refractivity contribution < 1.29 is 38.4 Å². The van der Waals surface area contributed by atoms with Crippen molar-refractivity contribution in [2.45, 2.75) is 121 Å². The van der Waals surface area contributed by atoms with Crippen LogP contribution in [0.15, 0.2) is 47.2 Å². The van der Waals surface area contributed by atoms with Crippen LogP contribution in [0.4, 0.5) is 10.5 Å². The topological polar surface area (TPSA) is 119 Å². The Labute approximate surface area is 293 Å². The van der Waals surface area contributed by atoms with Crippen LogP contribution < -0.4 is 15.0 Å². The highest BCUT2D eigenvalue weighted by molar-refractivity contribution is 6.35. The van der Waals surface area contributed by atoms with Crippen LogP contribution in [0.25, 0.3) is 0 Å². The smallest absolute Gasteiger partial charge is 0.409 e. The lowest BCUT2D eigenvalue weighted by Gasteiger charge is -2.52. The zero-order valence-corrected chi connectivity index (χ0v) is 30.3. The Kier molecular flexibility index (Phi) is 8.65. The first kappa shape index (κ1) is 34.4. The number of esters is 1. The third-order valence-electron chi connectivity index (χ3n) is 12.1. The normalized spacial score (nSPS) is 40.4. The predicted octanol–water partition coefficient (Wildman–Crippen LogP) is 6.38. The second-order valence-electron chi connectivity index (χ2n) is 15.4. The van der Waals surface area contributed by atoms with Crippen LogP contribution >= 0.6 is 11.6 Å². The Morgan fingerprint density at radius 1 is 1.16 bits per heavy atom. The summed E-state index contributed by atoms with van der Waals surface area (Å²) in [5.41, 5.74) is 1.90. The van der Waals surface area contributed by atoms with Crippen molar-refractivity contribution in [3.05, 3.63) is 57.8 Å². The minimum absolute atomic E-state index is 0.0118. The number of nitrogens with one attached hydrogen (secondary N) is 1. The fraction of sp³-hybridized carbons (Fsp3) is 0.632. The number of epoxide rings is 1. The van der Waals surface area contributed by atoms with Gasteiger partial charge in [0, 0.05) is 31.6 Å². The number of allylic oxidation sites excluding steroid dienone is 3. The van der Waals surface area contributed by atoms with E-state index in [1.165, 1.54) is 12.7 Å². The first-order valence-corrected chi connectivity index (χ1v) is 18.0. The highest BCUT2D eigenvalue weighted by Gasteiger charge is 2.67. The molecule has 6 bridgehead atoms. The first-order valence-electron chi connectivity index (χ1n) is 17.6. The predicted molar refractivity (Wildman–Crippen MR) is 184 cm³/mol. The number of hydrogen-bond donors (Lipinski definition) is 2. The number of carbonyl (C=O) groups excluding carboxylic acids is 2. The molecule has 1 saturated carbocycles. The molecule has 2 N–H and O–H groups in total. The Morgan fingerprint density at radius 2 is 1.94 bits per heavy atom. The van der Waals surface area contributed by atoms with Gasteiger partial charge in [0.25, 0.3) is 0 Å². The van der Waals surface area contributed by atoms with Gasteiger partial charge in [-0.2, -0.15) is 0 Å². The number of carbonyl (C=O) groups is 2. The number of methoxy groups -OCH3 is 2. The van der Waals surface area contributed by atoms with Crippen molar-refractivity contribution in [2.75, 3.05) is 19.1 Å². The SMILES string of the molecule is COc1cc2cc(c1Cl)N1C3=C4C1CCCCC4(C(C)C)C(=O)OC(C3)C1(C)OC1C(C)C1CC(O)(NC(=O)O1)C(OC)/C=C/C=C(\C)C2. The number of nitrogens with zero attached hydrogens (tertiary/aromatic N) is 1. The van der Waals surface area contributed by atoms with Gasteiger partial charge in [0.1, 0.15) is 34.7 Å². The molecule has 1 aliphatic carbocycles.